The molecule has 1 aliphatic carbocycles. The molecule has 0 radical (unpaired) electrons. The van der Waals surface area contributed by atoms with Gasteiger partial charge < -0.3 is 14.8 Å². The van der Waals surface area contributed by atoms with Crippen LogP contribution < -0.4 is 14.8 Å². The van der Waals surface area contributed by atoms with Gasteiger partial charge in [0.2, 0.25) is 0 Å². The Kier molecular flexibility index (Phi) is 4.32. The smallest absolute Gasteiger partial charge is 0.128 e. The zero-order valence-corrected chi connectivity index (χ0v) is 12.7. The molecule has 0 saturated heterocycles. The minimum Gasteiger partial charge on any atom is -0.497 e. The van der Waals surface area contributed by atoms with Crippen LogP contribution in [0.25, 0.3) is 0 Å². The number of benzene rings is 2. The normalized spacial score (nSPS) is 14.0. The fourth-order valence-corrected chi connectivity index (χ4v) is 2.29. The van der Waals surface area contributed by atoms with Gasteiger partial charge >= 0.3 is 0 Å². The molecule has 1 N–H and O–H groups in total. The molecule has 1 fully saturated rings. The van der Waals surface area contributed by atoms with E-state index in [0.29, 0.717) is 6.04 Å². The molecule has 0 atom stereocenters. The molecule has 21 heavy (non-hydrogen) atoms. The first-order valence-corrected chi connectivity index (χ1v) is 7.46. The van der Waals surface area contributed by atoms with Crippen LogP contribution in [0.4, 0.5) is 0 Å². The molecular weight excluding hydrogens is 286 g/mol. The Morgan fingerprint density at radius 3 is 2.33 bits per heavy atom. The van der Waals surface area contributed by atoms with Crippen molar-refractivity contribution >= 4 is 11.6 Å². The molecule has 2 aromatic rings. The molecule has 0 bridgehead atoms. The summed E-state index contributed by atoms with van der Waals surface area (Å²) in [7, 11) is 1.64. The molecule has 1 saturated carbocycles. The lowest BCUT2D eigenvalue weighted by atomic mass is 10.2. The van der Waals surface area contributed by atoms with Crippen LogP contribution in [0.1, 0.15) is 18.4 Å². The highest BCUT2D eigenvalue weighted by Gasteiger charge is 2.20. The predicted molar refractivity (Wildman–Crippen MR) is 84.4 cm³/mol. The van der Waals surface area contributed by atoms with E-state index in [-0.39, 0.29) is 0 Å². The van der Waals surface area contributed by atoms with E-state index in [1.54, 1.807) is 7.11 Å². The van der Waals surface area contributed by atoms with Crippen molar-refractivity contribution in [2.45, 2.75) is 25.4 Å². The summed E-state index contributed by atoms with van der Waals surface area (Å²) in [6, 6.07) is 14.0. The molecule has 3 nitrogen and oxygen atoms in total. The molecule has 3 rings (SSSR count). The summed E-state index contributed by atoms with van der Waals surface area (Å²) in [5.74, 6) is 2.30. The summed E-state index contributed by atoms with van der Waals surface area (Å²) in [6.45, 7) is 0.812. The van der Waals surface area contributed by atoms with E-state index >= 15 is 0 Å². The van der Waals surface area contributed by atoms with Gasteiger partial charge in [0.1, 0.15) is 17.2 Å². The molecule has 0 heterocycles. The number of nitrogens with one attached hydrogen (secondary N) is 1. The zero-order chi connectivity index (χ0) is 14.7. The third-order valence-corrected chi connectivity index (χ3v) is 3.83. The van der Waals surface area contributed by atoms with Crippen molar-refractivity contribution in [1.82, 2.24) is 5.32 Å². The Bertz CT molecular complexity index is 609. The Morgan fingerprint density at radius 1 is 1.05 bits per heavy atom. The second-order valence-electron chi connectivity index (χ2n) is 5.19. The van der Waals surface area contributed by atoms with Gasteiger partial charge in [0.05, 0.1) is 7.11 Å². The van der Waals surface area contributed by atoms with Crippen molar-refractivity contribution in [2.24, 2.45) is 0 Å². The van der Waals surface area contributed by atoms with Gasteiger partial charge in [-0.25, -0.2) is 0 Å². The van der Waals surface area contributed by atoms with Crippen molar-refractivity contribution in [3.05, 3.63) is 53.1 Å². The largest absolute Gasteiger partial charge is 0.497 e. The summed E-state index contributed by atoms with van der Waals surface area (Å²) < 4.78 is 10.9. The summed E-state index contributed by atoms with van der Waals surface area (Å²) in [5, 5.41) is 4.19. The Hall–Kier alpha value is -1.71. The van der Waals surface area contributed by atoms with E-state index in [1.807, 2.05) is 42.5 Å². The van der Waals surface area contributed by atoms with Crippen molar-refractivity contribution in [3.8, 4) is 17.2 Å². The lowest BCUT2D eigenvalue weighted by Gasteiger charge is -2.10. The third kappa shape index (κ3) is 3.90. The molecule has 1 aliphatic rings. The number of methoxy groups -OCH3 is 1. The Labute approximate surface area is 129 Å². The van der Waals surface area contributed by atoms with Crippen LogP contribution in [0.2, 0.25) is 5.02 Å². The SMILES string of the molecule is COc1ccc(Oc2ccc(CNC3CC3)c(Cl)c2)cc1. The average molecular weight is 304 g/mol. The van der Waals surface area contributed by atoms with E-state index in [1.165, 1.54) is 12.8 Å². The first-order chi connectivity index (χ1) is 10.2. The van der Waals surface area contributed by atoms with Crippen molar-refractivity contribution in [3.63, 3.8) is 0 Å². The average Bonchev–Trinajstić information content (AvgIpc) is 3.31. The first-order valence-electron chi connectivity index (χ1n) is 7.08. The highest BCUT2D eigenvalue weighted by Crippen LogP contribution is 2.28. The van der Waals surface area contributed by atoms with Crippen LogP contribution in [0.5, 0.6) is 17.2 Å². The number of hydrogen-bond donors (Lipinski definition) is 1. The predicted octanol–water partition coefficient (Wildman–Crippen LogP) is 4.39. The molecule has 0 amide bonds. The quantitative estimate of drug-likeness (QED) is 0.858. The van der Waals surface area contributed by atoms with Crippen LogP contribution in [0, 0.1) is 0 Å². The zero-order valence-electron chi connectivity index (χ0n) is 11.9. The fraction of sp³-hybridized carbons (Fsp3) is 0.294. The lowest BCUT2D eigenvalue weighted by molar-refractivity contribution is 0.413. The molecule has 0 aromatic heterocycles. The Balaban J connectivity index is 1.65. The highest BCUT2D eigenvalue weighted by atomic mass is 35.5. The van der Waals surface area contributed by atoms with Gasteiger partial charge in [0, 0.05) is 17.6 Å². The summed E-state index contributed by atoms with van der Waals surface area (Å²) >= 11 is 6.31. The molecule has 110 valence electrons. The third-order valence-electron chi connectivity index (χ3n) is 3.48. The number of hydrogen-bond acceptors (Lipinski definition) is 3. The van der Waals surface area contributed by atoms with Gasteiger partial charge in [0.15, 0.2) is 0 Å². The molecule has 0 spiro atoms. The van der Waals surface area contributed by atoms with Crippen molar-refractivity contribution in [2.75, 3.05) is 7.11 Å². The monoisotopic (exact) mass is 303 g/mol. The highest BCUT2D eigenvalue weighted by molar-refractivity contribution is 6.31. The minimum atomic E-state index is 0.677. The summed E-state index contributed by atoms with van der Waals surface area (Å²) in [6.07, 6.45) is 2.55. The maximum absolute atomic E-state index is 6.31. The van der Waals surface area contributed by atoms with Crippen molar-refractivity contribution in [1.29, 1.82) is 0 Å². The van der Waals surface area contributed by atoms with Gasteiger partial charge in [-0.05, 0) is 54.8 Å². The second kappa shape index (κ2) is 6.37. The molecular formula is C17H18ClNO2. The maximum Gasteiger partial charge on any atom is 0.128 e. The van der Waals surface area contributed by atoms with Gasteiger partial charge in [-0.3, -0.25) is 0 Å². The number of rotatable bonds is 6. The van der Waals surface area contributed by atoms with Crippen LogP contribution in [0.15, 0.2) is 42.5 Å². The van der Waals surface area contributed by atoms with E-state index in [9.17, 15) is 0 Å². The number of halogens is 1. The lowest BCUT2D eigenvalue weighted by Crippen LogP contribution is -2.15. The summed E-state index contributed by atoms with van der Waals surface area (Å²) in [5.41, 5.74) is 1.10. The molecule has 0 aliphatic heterocycles. The maximum atomic E-state index is 6.31. The topological polar surface area (TPSA) is 30.5 Å². The van der Waals surface area contributed by atoms with Gasteiger partial charge in [-0.2, -0.15) is 0 Å². The molecule has 4 heteroatoms. The van der Waals surface area contributed by atoms with E-state index in [0.717, 1.165) is 34.4 Å². The van der Waals surface area contributed by atoms with Crippen LogP contribution in [-0.4, -0.2) is 13.2 Å². The fourth-order valence-electron chi connectivity index (χ4n) is 2.06. The van der Waals surface area contributed by atoms with Crippen LogP contribution in [-0.2, 0) is 6.54 Å². The van der Waals surface area contributed by atoms with Gasteiger partial charge in [-0.15, -0.1) is 0 Å². The van der Waals surface area contributed by atoms with E-state index in [4.69, 9.17) is 21.1 Å². The molecule has 2 aromatic carbocycles. The minimum absolute atomic E-state index is 0.677. The number of ether oxygens (including phenoxy) is 2. The Morgan fingerprint density at radius 2 is 1.71 bits per heavy atom. The van der Waals surface area contributed by atoms with Gasteiger partial charge in [0.25, 0.3) is 0 Å². The van der Waals surface area contributed by atoms with Crippen LogP contribution >= 0.6 is 11.6 Å². The standard InChI is InChI=1S/C17H18ClNO2/c1-20-14-6-8-15(9-7-14)21-16-5-2-12(17(18)10-16)11-19-13-3-4-13/h2,5-10,13,19H,3-4,11H2,1H3. The second-order valence-corrected chi connectivity index (χ2v) is 5.59. The van der Waals surface area contributed by atoms with Crippen LogP contribution in [0.3, 0.4) is 0 Å². The summed E-state index contributed by atoms with van der Waals surface area (Å²) in [4.78, 5) is 0. The molecule has 0 unspecified atom stereocenters. The first kappa shape index (κ1) is 14.2. The van der Waals surface area contributed by atoms with Crippen molar-refractivity contribution < 1.29 is 9.47 Å². The van der Waals surface area contributed by atoms with Gasteiger partial charge in [-0.1, -0.05) is 17.7 Å². The van der Waals surface area contributed by atoms with E-state index in [2.05, 4.69) is 5.32 Å². The van der Waals surface area contributed by atoms with E-state index < -0.39 is 0 Å².